The highest BCUT2D eigenvalue weighted by atomic mass is 32.2. The second-order valence-electron chi connectivity index (χ2n) is 3.86. The van der Waals surface area contributed by atoms with Crippen molar-refractivity contribution in [3.63, 3.8) is 0 Å². The summed E-state index contributed by atoms with van der Waals surface area (Å²) in [6.07, 6.45) is 0. The van der Waals surface area contributed by atoms with Crippen LogP contribution in [0.2, 0.25) is 0 Å². The van der Waals surface area contributed by atoms with Gasteiger partial charge in [0.2, 0.25) is 10.0 Å². The molecule has 7 heteroatoms. The van der Waals surface area contributed by atoms with E-state index < -0.39 is 26.6 Å². The Balaban J connectivity index is 2.87. The van der Waals surface area contributed by atoms with E-state index in [0.29, 0.717) is 6.54 Å². The number of nitrogens with one attached hydrogen (secondary N) is 2. The Bertz CT molecular complexity index is 486. The molecule has 4 nitrogen and oxygen atoms in total. The van der Waals surface area contributed by atoms with Crippen LogP contribution in [-0.4, -0.2) is 27.5 Å². The van der Waals surface area contributed by atoms with Crippen molar-refractivity contribution in [3.8, 4) is 0 Å². The fourth-order valence-corrected chi connectivity index (χ4v) is 2.73. The third-order valence-electron chi connectivity index (χ3n) is 2.32. The zero-order chi connectivity index (χ0) is 13.8. The van der Waals surface area contributed by atoms with Crippen molar-refractivity contribution in [2.24, 2.45) is 0 Å². The fourth-order valence-electron chi connectivity index (χ4n) is 1.47. The van der Waals surface area contributed by atoms with Gasteiger partial charge in [-0.1, -0.05) is 13.0 Å². The molecule has 0 aromatic heterocycles. The molecule has 1 aromatic rings. The standard InChI is InChI=1S/C11H16F2N2O2S/c1-3-14-8(2)7-15-18(16,17)11-9(12)5-4-6-10(11)13/h4-6,8,14-15H,3,7H2,1-2H3/t8-/m1/s1. The molecular formula is C11H16F2N2O2S. The topological polar surface area (TPSA) is 58.2 Å². The largest absolute Gasteiger partial charge is 0.313 e. The average molecular weight is 278 g/mol. The van der Waals surface area contributed by atoms with Crippen LogP contribution in [0.1, 0.15) is 13.8 Å². The lowest BCUT2D eigenvalue weighted by Crippen LogP contribution is -2.39. The van der Waals surface area contributed by atoms with Crippen molar-refractivity contribution >= 4 is 10.0 Å². The first-order chi connectivity index (χ1) is 8.38. The number of rotatable bonds is 6. The SMILES string of the molecule is CCN[C@H](C)CNS(=O)(=O)c1c(F)cccc1F. The molecular weight excluding hydrogens is 262 g/mol. The monoisotopic (exact) mass is 278 g/mol. The van der Waals surface area contributed by atoms with E-state index >= 15 is 0 Å². The molecule has 0 heterocycles. The molecule has 0 bridgehead atoms. The molecule has 18 heavy (non-hydrogen) atoms. The Hall–Kier alpha value is -1.05. The maximum Gasteiger partial charge on any atom is 0.246 e. The predicted molar refractivity (Wildman–Crippen MR) is 64.7 cm³/mol. The first-order valence-corrected chi connectivity index (χ1v) is 7.04. The third-order valence-corrected chi connectivity index (χ3v) is 3.79. The van der Waals surface area contributed by atoms with E-state index in [1.807, 2.05) is 6.92 Å². The van der Waals surface area contributed by atoms with Gasteiger partial charge in [-0.25, -0.2) is 21.9 Å². The van der Waals surface area contributed by atoms with E-state index in [1.165, 1.54) is 0 Å². The highest BCUT2D eigenvalue weighted by Crippen LogP contribution is 2.17. The number of hydrogen-bond donors (Lipinski definition) is 2. The van der Waals surface area contributed by atoms with Gasteiger partial charge in [0.25, 0.3) is 0 Å². The highest BCUT2D eigenvalue weighted by Gasteiger charge is 2.23. The van der Waals surface area contributed by atoms with Crippen molar-refractivity contribution in [1.82, 2.24) is 10.0 Å². The first kappa shape index (κ1) is 15.0. The van der Waals surface area contributed by atoms with Gasteiger partial charge in [0.05, 0.1) is 0 Å². The van der Waals surface area contributed by atoms with Gasteiger partial charge in [-0.15, -0.1) is 0 Å². The van der Waals surface area contributed by atoms with Crippen molar-refractivity contribution in [2.45, 2.75) is 24.8 Å². The van der Waals surface area contributed by atoms with Gasteiger partial charge in [0.1, 0.15) is 11.6 Å². The molecule has 102 valence electrons. The summed E-state index contributed by atoms with van der Waals surface area (Å²) in [6.45, 7) is 4.38. The molecule has 0 saturated heterocycles. The summed E-state index contributed by atoms with van der Waals surface area (Å²) >= 11 is 0. The van der Waals surface area contributed by atoms with Crippen LogP contribution in [-0.2, 0) is 10.0 Å². The van der Waals surface area contributed by atoms with Gasteiger partial charge >= 0.3 is 0 Å². The van der Waals surface area contributed by atoms with Crippen LogP contribution in [0, 0.1) is 11.6 Å². The predicted octanol–water partition coefficient (Wildman–Crippen LogP) is 1.24. The summed E-state index contributed by atoms with van der Waals surface area (Å²) in [5.74, 6) is -2.20. The van der Waals surface area contributed by atoms with E-state index in [0.717, 1.165) is 18.2 Å². The van der Waals surface area contributed by atoms with Crippen molar-refractivity contribution in [2.75, 3.05) is 13.1 Å². The zero-order valence-corrected chi connectivity index (χ0v) is 11.0. The maximum absolute atomic E-state index is 13.3. The van der Waals surface area contributed by atoms with Crippen LogP contribution in [0.4, 0.5) is 8.78 Å². The first-order valence-electron chi connectivity index (χ1n) is 5.55. The molecule has 0 spiro atoms. The minimum absolute atomic E-state index is 0.0595. The van der Waals surface area contributed by atoms with Crippen LogP contribution >= 0.6 is 0 Å². The van der Waals surface area contributed by atoms with Gasteiger partial charge in [-0.05, 0) is 25.6 Å². The van der Waals surface area contributed by atoms with E-state index in [-0.39, 0.29) is 12.6 Å². The zero-order valence-electron chi connectivity index (χ0n) is 10.2. The number of halogens is 2. The fraction of sp³-hybridized carbons (Fsp3) is 0.455. The summed E-state index contributed by atoms with van der Waals surface area (Å²) in [6, 6.07) is 2.81. The number of benzene rings is 1. The van der Waals surface area contributed by atoms with Crippen molar-refractivity contribution in [1.29, 1.82) is 0 Å². The minimum atomic E-state index is -4.18. The van der Waals surface area contributed by atoms with Crippen molar-refractivity contribution in [3.05, 3.63) is 29.8 Å². The molecule has 1 aromatic carbocycles. The lowest BCUT2D eigenvalue weighted by Gasteiger charge is -2.14. The van der Waals surface area contributed by atoms with Crippen LogP contribution in [0.3, 0.4) is 0 Å². The average Bonchev–Trinajstić information content (AvgIpc) is 2.26. The Morgan fingerprint density at radius 3 is 2.33 bits per heavy atom. The molecule has 2 N–H and O–H groups in total. The molecule has 0 aliphatic carbocycles. The van der Waals surface area contributed by atoms with Crippen molar-refractivity contribution < 1.29 is 17.2 Å². The molecule has 0 saturated carbocycles. The Morgan fingerprint density at radius 1 is 1.28 bits per heavy atom. The normalized spacial score (nSPS) is 13.6. The van der Waals surface area contributed by atoms with Crippen LogP contribution in [0.15, 0.2) is 23.1 Å². The minimum Gasteiger partial charge on any atom is -0.313 e. The van der Waals surface area contributed by atoms with E-state index in [4.69, 9.17) is 0 Å². The summed E-state index contributed by atoms with van der Waals surface area (Å²) in [7, 11) is -4.18. The van der Waals surface area contributed by atoms with E-state index in [1.54, 1.807) is 6.92 Å². The second-order valence-corrected chi connectivity index (χ2v) is 5.57. The molecule has 0 unspecified atom stereocenters. The summed E-state index contributed by atoms with van der Waals surface area (Å²) in [5, 5.41) is 2.98. The summed E-state index contributed by atoms with van der Waals surface area (Å²) in [5.41, 5.74) is 0. The smallest absolute Gasteiger partial charge is 0.246 e. The summed E-state index contributed by atoms with van der Waals surface area (Å²) < 4.78 is 52.4. The van der Waals surface area contributed by atoms with Gasteiger partial charge in [-0.3, -0.25) is 0 Å². The number of hydrogen-bond acceptors (Lipinski definition) is 3. The molecule has 1 rings (SSSR count). The van der Waals surface area contributed by atoms with Crippen LogP contribution in [0.25, 0.3) is 0 Å². The van der Waals surface area contributed by atoms with Gasteiger partial charge < -0.3 is 5.32 Å². The second kappa shape index (κ2) is 6.21. The molecule has 0 amide bonds. The number of sulfonamides is 1. The van der Waals surface area contributed by atoms with Gasteiger partial charge in [0, 0.05) is 12.6 Å². The Kier molecular flexibility index (Phi) is 5.18. The quantitative estimate of drug-likeness (QED) is 0.823. The lowest BCUT2D eigenvalue weighted by atomic mass is 10.3. The number of likely N-dealkylation sites (N-methyl/N-ethyl adjacent to an activating group) is 1. The third kappa shape index (κ3) is 3.72. The molecule has 0 aliphatic rings. The van der Waals surface area contributed by atoms with Gasteiger partial charge in [-0.2, -0.15) is 0 Å². The molecule has 0 radical (unpaired) electrons. The molecule has 0 fully saturated rings. The molecule has 0 aliphatic heterocycles. The Labute approximate surface area is 105 Å². The summed E-state index contributed by atoms with van der Waals surface area (Å²) in [4.78, 5) is -0.936. The van der Waals surface area contributed by atoms with Crippen LogP contribution in [0.5, 0.6) is 0 Å². The molecule has 1 atom stereocenters. The Morgan fingerprint density at radius 2 is 1.83 bits per heavy atom. The van der Waals surface area contributed by atoms with E-state index in [2.05, 4.69) is 10.0 Å². The van der Waals surface area contributed by atoms with Gasteiger partial charge in [0.15, 0.2) is 4.90 Å². The van der Waals surface area contributed by atoms with E-state index in [9.17, 15) is 17.2 Å². The lowest BCUT2D eigenvalue weighted by molar-refractivity contribution is 0.504. The highest BCUT2D eigenvalue weighted by molar-refractivity contribution is 7.89. The maximum atomic E-state index is 13.3. The van der Waals surface area contributed by atoms with Crippen LogP contribution < -0.4 is 10.0 Å².